The van der Waals surface area contributed by atoms with E-state index in [1.54, 1.807) is 25.2 Å². The number of ether oxygens (including phenoxy) is 1. The highest BCUT2D eigenvalue weighted by atomic mass is 16.5. The fourth-order valence-corrected chi connectivity index (χ4v) is 1.72. The SMILES string of the molecule is CNC(=O)c1ccc(Oc2ccccc2C)c(N)c1. The Kier molecular flexibility index (Phi) is 3.71. The molecule has 0 atom stereocenters. The Morgan fingerprint density at radius 3 is 2.53 bits per heavy atom. The van der Waals surface area contributed by atoms with Crippen LogP contribution in [-0.2, 0) is 0 Å². The average molecular weight is 256 g/mol. The minimum absolute atomic E-state index is 0.172. The van der Waals surface area contributed by atoms with E-state index in [2.05, 4.69) is 5.32 Å². The minimum Gasteiger partial charge on any atom is -0.455 e. The van der Waals surface area contributed by atoms with Gasteiger partial charge in [0.2, 0.25) is 0 Å². The first-order chi connectivity index (χ1) is 9.11. The first-order valence-corrected chi connectivity index (χ1v) is 5.97. The molecule has 0 bridgehead atoms. The maximum Gasteiger partial charge on any atom is 0.251 e. The number of nitrogens with one attached hydrogen (secondary N) is 1. The Hall–Kier alpha value is -2.49. The van der Waals surface area contributed by atoms with Crippen molar-refractivity contribution in [2.75, 3.05) is 12.8 Å². The Balaban J connectivity index is 2.27. The molecule has 19 heavy (non-hydrogen) atoms. The van der Waals surface area contributed by atoms with Crippen LogP contribution >= 0.6 is 0 Å². The van der Waals surface area contributed by atoms with Crippen LogP contribution in [0.2, 0.25) is 0 Å². The number of hydrogen-bond acceptors (Lipinski definition) is 3. The summed E-state index contributed by atoms with van der Waals surface area (Å²) < 4.78 is 5.75. The normalized spacial score (nSPS) is 10.0. The van der Waals surface area contributed by atoms with Gasteiger partial charge in [-0.1, -0.05) is 18.2 Å². The number of rotatable bonds is 3. The Morgan fingerprint density at radius 1 is 1.16 bits per heavy atom. The molecule has 0 saturated carbocycles. The van der Waals surface area contributed by atoms with Gasteiger partial charge in [0, 0.05) is 12.6 Å². The highest BCUT2D eigenvalue weighted by molar-refractivity contribution is 5.95. The summed E-state index contributed by atoms with van der Waals surface area (Å²) in [6.07, 6.45) is 0. The van der Waals surface area contributed by atoms with Crippen molar-refractivity contribution in [3.05, 3.63) is 53.6 Å². The highest BCUT2D eigenvalue weighted by Crippen LogP contribution is 2.29. The van der Waals surface area contributed by atoms with Crippen LogP contribution in [0.4, 0.5) is 5.69 Å². The van der Waals surface area contributed by atoms with E-state index in [1.165, 1.54) is 0 Å². The van der Waals surface area contributed by atoms with Gasteiger partial charge in [-0.3, -0.25) is 4.79 Å². The Morgan fingerprint density at radius 2 is 1.89 bits per heavy atom. The number of para-hydroxylation sites is 1. The van der Waals surface area contributed by atoms with Gasteiger partial charge in [-0.25, -0.2) is 0 Å². The molecule has 2 aromatic rings. The summed E-state index contributed by atoms with van der Waals surface area (Å²) in [7, 11) is 1.58. The molecule has 0 spiro atoms. The quantitative estimate of drug-likeness (QED) is 0.830. The van der Waals surface area contributed by atoms with Crippen LogP contribution in [0.15, 0.2) is 42.5 Å². The molecule has 2 rings (SSSR count). The number of nitrogens with two attached hydrogens (primary N) is 1. The van der Waals surface area contributed by atoms with Gasteiger partial charge in [-0.2, -0.15) is 0 Å². The van der Waals surface area contributed by atoms with E-state index in [9.17, 15) is 4.79 Å². The first-order valence-electron chi connectivity index (χ1n) is 5.97. The van der Waals surface area contributed by atoms with Crippen LogP contribution in [-0.4, -0.2) is 13.0 Å². The third kappa shape index (κ3) is 2.85. The van der Waals surface area contributed by atoms with Gasteiger partial charge in [0.05, 0.1) is 5.69 Å². The highest BCUT2D eigenvalue weighted by Gasteiger charge is 2.08. The van der Waals surface area contributed by atoms with Crippen molar-refractivity contribution in [2.45, 2.75) is 6.92 Å². The fourth-order valence-electron chi connectivity index (χ4n) is 1.72. The number of carbonyl (C=O) groups excluding carboxylic acids is 1. The van der Waals surface area contributed by atoms with Crippen LogP contribution in [0.3, 0.4) is 0 Å². The topological polar surface area (TPSA) is 64.3 Å². The summed E-state index contributed by atoms with van der Waals surface area (Å²) in [5.74, 6) is 1.12. The molecule has 0 aliphatic rings. The number of carbonyl (C=O) groups is 1. The van der Waals surface area contributed by atoms with E-state index >= 15 is 0 Å². The van der Waals surface area contributed by atoms with Crippen LogP contribution in [0.1, 0.15) is 15.9 Å². The van der Waals surface area contributed by atoms with Crippen LogP contribution in [0.5, 0.6) is 11.5 Å². The van der Waals surface area contributed by atoms with Crippen LogP contribution in [0.25, 0.3) is 0 Å². The lowest BCUT2D eigenvalue weighted by atomic mass is 10.1. The summed E-state index contributed by atoms with van der Waals surface area (Å²) in [6, 6.07) is 12.7. The summed E-state index contributed by atoms with van der Waals surface area (Å²) in [4.78, 5) is 11.5. The van der Waals surface area contributed by atoms with Gasteiger partial charge in [-0.05, 0) is 36.8 Å². The molecule has 2 aromatic carbocycles. The van der Waals surface area contributed by atoms with Gasteiger partial charge in [0.1, 0.15) is 11.5 Å². The predicted octanol–water partition coefficient (Wildman–Crippen LogP) is 2.73. The number of aryl methyl sites for hydroxylation is 1. The monoisotopic (exact) mass is 256 g/mol. The van der Waals surface area contributed by atoms with Crippen molar-refractivity contribution in [2.24, 2.45) is 0 Å². The standard InChI is InChI=1S/C15H16N2O2/c1-10-5-3-4-6-13(10)19-14-8-7-11(9-12(14)16)15(18)17-2/h3-9H,16H2,1-2H3,(H,17,18). The largest absolute Gasteiger partial charge is 0.455 e. The molecule has 3 N–H and O–H groups in total. The second-order valence-electron chi connectivity index (χ2n) is 4.20. The molecule has 0 fully saturated rings. The smallest absolute Gasteiger partial charge is 0.251 e. The van der Waals surface area contributed by atoms with Crippen molar-refractivity contribution < 1.29 is 9.53 Å². The molecular formula is C15H16N2O2. The maximum atomic E-state index is 11.5. The summed E-state index contributed by atoms with van der Waals surface area (Å²) in [5, 5.41) is 2.55. The molecule has 98 valence electrons. The van der Waals surface area contributed by atoms with Crippen LogP contribution in [0, 0.1) is 6.92 Å². The minimum atomic E-state index is -0.172. The van der Waals surface area contributed by atoms with E-state index in [0.717, 1.165) is 11.3 Å². The van der Waals surface area contributed by atoms with Gasteiger partial charge >= 0.3 is 0 Å². The molecule has 1 amide bonds. The third-order valence-corrected chi connectivity index (χ3v) is 2.81. The lowest BCUT2D eigenvalue weighted by Gasteiger charge is -2.11. The Labute approximate surface area is 112 Å². The van der Waals surface area contributed by atoms with Crippen molar-refractivity contribution in [1.82, 2.24) is 5.32 Å². The van der Waals surface area contributed by atoms with E-state index < -0.39 is 0 Å². The molecule has 0 heterocycles. The third-order valence-electron chi connectivity index (χ3n) is 2.81. The number of amides is 1. The molecule has 0 saturated heterocycles. The van der Waals surface area contributed by atoms with Gasteiger partial charge < -0.3 is 15.8 Å². The van der Waals surface area contributed by atoms with E-state index in [4.69, 9.17) is 10.5 Å². The zero-order chi connectivity index (χ0) is 13.8. The van der Waals surface area contributed by atoms with E-state index in [-0.39, 0.29) is 5.91 Å². The Bertz CT molecular complexity index is 609. The van der Waals surface area contributed by atoms with Crippen molar-refractivity contribution in [3.8, 4) is 11.5 Å². The lowest BCUT2D eigenvalue weighted by molar-refractivity contribution is 0.0963. The van der Waals surface area contributed by atoms with Crippen molar-refractivity contribution in [1.29, 1.82) is 0 Å². The number of benzene rings is 2. The summed E-state index contributed by atoms with van der Waals surface area (Å²) in [6.45, 7) is 1.96. The van der Waals surface area contributed by atoms with Gasteiger partial charge in [0.25, 0.3) is 5.91 Å². The summed E-state index contributed by atoms with van der Waals surface area (Å²) >= 11 is 0. The van der Waals surface area contributed by atoms with Crippen LogP contribution < -0.4 is 15.8 Å². The molecule has 0 radical (unpaired) electrons. The average Bonchev–Trinajstić information content (AvgIpc) is 2.42. The number of hydrogen-bond donors (Lipinski definition) is 2. The molecule has 4 heteroatoms. The molecule has 0 aliphatic carbocycles. The molecule has 0 aliphatic heterocycles. The van der Waals surface area contributed by atoms with E-state index in [0.29, 0.717) is 17.0 Å². The fraction of sp³-hybridized carbons (Fsp3) is 0.133. The molecule has 4 nitrogen and oxygen atoms in total. The zero-order valence-electron chi connectivity index (χ0n) is 10.9. The van der Waals surface area contributed by atoms with Crippen molar-refractivity contribution in [3.63, 3.8) is 0 Å². The summed E-state index contributed by atoms with van der Waals surface area (Å²) in [5.41, 5.74) is 7.88. The first kappa shape index (κ1) is 13.0. The zero-order valence-corrected chi connectivity index (χ0v) is 10.9. The molecule has 0 aromatic heterocycles. The lowest BCUT2D eigenvalue weighted by Crippen LogP contribution is -2.17. The second-order valence-corrected chi connectivity index (χ2v) is 4.20. The maximum absolute atomic E-state index is 11.5. The van der Waals surface area contributed by atoms with E-state index in [1.807, 2.05) is 31.2 Å². The second kappa shape index (κ2) is 5.44. The van der Waals surface area contributed by atoms with Gasteiger partial charge in [-0.15, -0.1) is 0 Å². The van der Waals surface area contributed by atoms with Crippen molar-refractivity contribution >= 4 is 11.6 Å². The van der Waals surface area contributed by atoms with Gasteiger partial charge in [0.15, 0.2) is 0 Å². The predicted molar refractivity (Wildman–Crippen MR) is 75.5 cm³/mol. The number of nitrogen functional groups attached to an aromatic ring is 1. The molecular weight excluding hydrogens is 240 g/mol. The number of anilines is 1. The molecule has 0 unspecified atom stereocenters.